The lowest BCUT2D eigenvalue weighted by Gasteiger charge is -2.05. The maximum atomic E-state index is 11.0. The van der Waals surface area contributed by atoms with Crippen molar-refractivity contribution in [1.29, 1.82) is 0 Å². The lowest BCUT2D eigenvalue weighted by Crippen LogP contribution is -2.15. The predicted octanol–water partition coefficient (Wildman–Crippen LogP) is -0.666. The van der Waals surface area contributed by atoms with Crippen LogP contribution < -0.4 is 0 Å². The second kappa shape index (κ2) is 3.86. The highest BCUT2D eigenvalue weighted by molar-refractivity contribution is 5.75. The summed E-state index contributed by atoms with van der Waals surface area (Å²) in [7, 11) is 0. The number of H-pyrrole nitrogens is 2. The molecule has 8 heteroatoms. The van der Waals surface area contributed by atoms with Gasteiger partial charge in [-0.05, 0) is 0 Å². The van der Waals surface area contributed by atoms with E-state index in [1.807, 2.05) is 0 Å². The zero-order valence-electron chi connectivity index (χ0n) is 7.58. The Labute approximate surface area is 83.7 Å². The summed E-state index contributed by atoms with van der Waals surface area (Å²) in [5.74, 6) is -1.72. The SMILES string of the molecule is O=C(O)C(Cc1cn[nH]n1)c1cn[nH]n1. The Morgan fingerprint density at radius 3 is 2.60 bits per heavy atom. The smallest absolute Gasteiger partial charge is 0.313 e. The van der Waals surface area contributed by atoms with Crippen LogP contribution in [0.2, 0.25) is 0 Å². The molecule has 0 amide bonds. The fourth-order valence-electron chi connectivity index (χ4n) is 1.23. The maximum absolute atomic E-state index is 11.0. The van der Waals surface area contributed by atoms with Crippen LogP contribution in [0, 0.1) is 0 Å². The molecule has 0 bridgehead atoms. The van der Waals surface area contributed by atoms with E-state index >= 15 is 0 Å². The van der Waals surface area contributed by atoms with Gasteiger partial charge in [0.05, 0.1) is 23.8 Å². The number of carboxylic acid groups (broad SMARTS) is 1. The molecule has 0 saturated carbocycles. The number of nitrogens with one attached hydrogen (secondary N) is 2. The zero-order valence-corrected chi connectivity index (χ0v) is 7.58. The van der Waals surface area contributed by atoms with Gasteiger partial charge in [-0.2, -0.15) is 30.8 Å². The zero-order chi connectivity index (χ0) is 10.7. The van der Waals surface area contributed by atoms with Crippen LogP contribution in [0.15, 0.2) is 12.4 Å². The standard InChI is InChI=1S/C7H8N6O2/c14-7(15)5(6-3-9-13-11-6)1-4-2-8-12-10-4/h2-3,5H,1H2,(H,14,15)(H,8,10,12)(H,9,11,13). The van der Waals surface area contributed by atoms with Gasteiger partial charge in [-0.3, -0.25) is 4.79 Å². The van der Waals surface area contributed by atoms with E-state index < -0.39 is 11.9 Å². The number of aromatic nitrogens is 6. The van der Waals surface area contributed by atoms with Crippen molar-refractivity contribution in [3.05, 3.63) is 23.8 Å². The Morgan fingerprint density at radius 2 is 2.07 bits per heavy atom. The molecule has 0 spiro atoms. The lowest BCUT2D eigenvalue weighted by atomic mass is 10.0. The Bertz CT molecular complexity index is 422. The number of nitrogens with zero attached hydrogens (tertiary/aromatic N) is 4. The van der Waals surface area contributed by atoms with E-state index in [2.05, 4.69) is 30.8 Å². The molecule has 3 N–H and O–H groups in total. The highest BCUT2D eigenvalue weighted by Crippen LogP contribution is 2.16. The number of carbonyl (C=O) groups is 1. The lowest BCUT2D eigenvalue weighted by molar-refractivity contribution is -0.138. The van der Waals surface area contributed by atoms with Gasteiger partial charge in [0, 0.05) is 6.42 Å². The first-order valence-electron chi connectivity index (χ1n) is 4.20. The van der Waals surface area contributed by atoms with E-state index in [1.54, 1.807) is 0 Å². The van der Waals surface area contributed by atoms with Crippen LogP contribution in [0.3, 0.4) is 0 Å². The number of hydrogen-bond donors (Lipinski definition) is 3. The third-order valence-electron chi connectivity index (χ3n) is 1.97. The van der Waals surface area contributed by atoms with Gasteiger partial charge in [-0.15, -0.1) is 0 Å². The van der Waals surface area contributed by atoms with E-state index in [-0.39, 0.29) is 6.42 Å². The van der Waals surface area contributed by atoms with Crippen molar-refractivity contribution in [3.63, 3.8) is 0 Å². The van der Waals surface area contributed by atoms with E-state index in [0.29, 0.717) is 11.4 Å². The van der Waals surface area contributed by atoms with Crippen LogP contribution in [0.25, 0.3) is 0 Å². The molecule has 1 atom stereocenters. The van der Waals surface area contributed by atoms with Gasteiger partial charge < -0.3 is 5.11 Å². The van der Waals surface area contributed by atoms with Gasteiger partial charge in [0.1, 0.15) is 5.92 Å². The Balaban J connectivity index is 2.18. The fraction of sp³-hybridized carbons (Fsp3) is 0.286. The Morgan fingerprint density at radius 1 is 1.33 bits per heavy atom. The van der Waals surface area contributed by atoms with Gasteiger partial charge >= 0.3 is 5.97 Å². The summed E-state index contributed by atoms with van der Waals surface area (Å²) in [5.41, 5.74) is 0.955. The van der Waals surface area contributed by atoms with Crippen molar-refractivity contribution < 1.29 is 9.90 Å². The summed E-state index contributed by atoms with van der Waals surface area (Å²) in [6, 6.07) is 0. The van der Waals surface area contributed by atoms with Crippen LogP contribution in [-0.2, 0) is 11.2 Å². The van der Waals surface area contributed by atoms with Crippen molar-refractivity contribution in [1.82, 2.24) is 30.8 Å². The number of carboxylic acids is 1. The molecule has 0 aliphatic heterocycles. The minimum atomic E-state index is -0.966. The fourth-order valence-corrected chi connectivity index (χ4v) is 1.23. The van der Waals surface area contributed by atoms with Gasteiger partial charge in [0.2, 0.25) is 0 Å². The molecule has 78 valence electrons. The van der Waals surface area contributed by atoms with Crippen LogP contribution in [-0.4, -0.2) is 41.9 Å². The van der Waals surface area contributed by atoms with Crippen LogP contribution >= 0.6 is 0 Å². The van der Waals surface area contributed by atoms with Crippen molar-refractivity contribution in [3.8, 4) is 0 Å². The molecule has 2 rings (SSSR count). The first kappa shape index (κ1) is 9.31. The Hall–Kier alpha value is -2.25. The topological polar surface area (TPSA) is 120 Å². The van der Waals surface area contributed by atoms with Gasteiger partial charge in [0.15, 0.2) is 0 Å². The molecule has 2 heterocycles. The largest absolute Gasteiger partial charge is 0.481 e. The van der Waals surface area contributed by atoms with Crippen molar-refractivity contribution in [2.75, 3.05) is 0 Å². The molecule has 0 radical (unpaired) electrons. The molecule has 0 fully saturated rings. The molecule has 0 aliphatic carbocycles. The summed E-state index contributed by atoms with van der Waals surface area (Å²) in [6.07, 6.45) is 3.10. The van der Waals surface area contributed by atoms with Crippen LogP contribution in [0.1, 0.15) is 17.3 Å². The average molecular weight is 208 g/mol. The molecular formula is C7H8N6O2. The van der Waals surface area contributed by atoms with Crippen molar-refractivity contribution >= 4 is 5.97 Å². The first-order valence-corrected chi connectivity index (χ1v) is 4.20. The second-order valence-corrected chi connectivity index (χ2v) is 2.95. The van der Waals surface area contributed by atoms with Gasteiger partial charge in [-0.1, -0.05) is 0 Å². The molecule has 0 aromatic carbocycles. The Kier molecular flexibility index (Phi) is 2.40. The highest BCUT2D eigenvalue weighted by atomic mass is 16.4. The molecular weight excluding hydrogens is 200 g/mol. The third kappa shape index (κ3) is 1.98. The molecule has 0 saturated heterocycles. The molecule has 1 unspecified atom stereocenters. The third-order valence-corrected chi connectivity index (χ3v) is 1.97. The highest BCUT2D eigenvalue weighted by Gasteiger charge is 2.23. The first-order chi connectivity index (χ1) is 7.27. The van der Waals surface area contributed by atoms with Crippen molar-refractivity contribution in [2.24, 2.45) is 0 Å². The maximum Gasteiger partial charge on any atom is 0.313 e. The summed E-state index contributed by atoms with van der Waals surface area (Å²) in [4.78, 5) is 11.0. The average Bonchev–Trinajstić information content (AvgIpc) is 2.87. The number of hydrogen-bond acceptors (Lipinski definition) is 5. The summed E-state index contributed by atoms with van der Waals surface area (Å²) in [5, 5.41) is 28.5. The molecule has 2 aromatic rings. The van der Waals surface area contributed by atoms with E-state index in [1.165, 1.54) is 12.4 Å². The predicted molar refractivity (Wildman–Crippen MR) is 46.8 cm³/mol. The van der Waals surface area contributed by atoms with E-state index in [4.69, 9.17) is 5.11 Å². The monoisotopic (exact) mass is 208 g/mol. The van der Waals surface area contributed by atoms with Crippen molar-refractivity contribution in [2.45, 2.75) is 12.3 Å². The second-order valence-electron chi connectivity index (χ2n) is 2.95. The molecule has 15 heavy (non-hydrogen) atoms. The molecule has 8 nitrogen and oxygen atoms in total. The van der Waals surface area contributed by atoms with E-state index in [0.717, 1.165) is 0 Å². The van der Waals surface area contributed by atoms with Gasteiger partial charge in [0.25, 0.3) is 0 Å². The van der Waals surface area contributed by atoms with Crippen LogP contribution in [0.5, 0.6) is 0 Å². The number of rotatable bonds is 4. The normalized spacial score (nSPS) is 12.5. The van der Waals surface area contributed by atoms with Crippen LogP contribution in [0.4, 0.5) is 0 Å². The quantitative estimate of drug-likeness (QED) is 0.613. The number of aromatic amines is 2. The summed E-state index contributed by atoms with van der Waals surface area (Å²) >= 11 is 0. The number of aliphatic carboxylic acids is 1. The van der Waals surface area contributed by atoms with Gasteiger partial charge in [-0.25, -0.2) is 0 Å². The summed E-state index contributed by atoms with van der Waals surface area (Å²) in [6.45, 7) is 0. The molecule has 0 aliphatic rings. The molecule has 2 aromatic heterocycles. The summed E-state index contributed by atoms with van der Waals surface area (Å²) < 4.78 is 0. The van der Waals surface area contributed by atoms with E-state index in [9.17, 15) is 4.79 Å². The minimum Gasteiger partial charge on any atom is -0.481 e. The minimum absolute atomic E-state index is 0.234.